The quantitative estimate of drug-likeness (QED) is 0.630. The molecule has 6 rings (SSSR count). The fraction of sp³-hybridized carbons (Fsp3) is 0.600. The predicted molar refractivity (Wildman–Crippen MR) is 127 cm³/mol. The number of nitrogens with zero attached hydrogens (tertiary/aromatic N) is 5. The van der Waals surface area contributed by atoms with E-state index >= 15 is 0 Å². The second-order valence-electron chi connectivity index (χ2n) is 10.1. The Balaban J connectivity index is 1.48. The van der Waals surface area contributed by atoms with E-state index in [0.29, 0.717) is 42.2 Å². The van der Waals surface area contributed by atoms with Crippen LogP contribution in [0.4, 0.5) is 0 Å². The molecule has 1 saturated heterocycles. The summed E-state index contributed by atoms with van der Waals surface area (Å²) >= 11 is 0. The van der Waals surface area contributed by atoms with Gasteiger partial charge < -0.3 is 14.5 Å². The van der Waals surface area contributed by atoms with Gasteiger partial charge >= 0.3 is 0 Å². The van der Waals surface area contributed by atoms with Crippen LogP contribution in [0.3, 0.4) is 0 Å². The third-order valence-electron chi connectivity index (χ3n) is 7.57. The smallest absolute Gasteiger partial charge is 0.253 e. The molecular weight excluding hydrogens is 432 g/mol. The van der Waals surface area contributed by atoms with Crippen molar-refractivity contribution in [2.24, 2.45) is 5.92 Å². The SMILES string of the molecule is C[C@@H]1CCCN([C@H](c2cc3cc4c(cc3[nH]c2=O)OCCO4)c2nnnn2C2CCCCC2)C1. The van der Waals surface area contributed by atoms with Crippen LogP contribution in [0.2, 0.25) is 0 Å². The molecule has 9 nitrogen and oxygen atoms in total. The van der Waals surface area contributed by atoms with Crippen LogP contribution in [0.5, 0.6) is 11.5 Å². The monoisotopic (exact) mass is 464 g/mol. The molecule has 2 aliphatic heterocycles. The number of rotatable bonds is 4. The third-order valence-corrected chi connectivity index (χ3v) is 7.57. The van der Waals surface area contributed by atoms with Gasteiger partial charge in [0.15, 0.2) is 17.3 Å². The van der Waals surface area contributed by atoms with Gasteiger partial charge in [-0.2, -0.15) is 0 Å². The Morgan fingerprint density at radius 2 is 1.82 bits per heavy atom. The fourth-order valence-electron chi connectivity index (χ4n) is 5.89. The average Bonchev–Trinajstić information content (AvgIpc) is 3.33. The molecule has 9 heteroatoms. The van der Waals surface area contributed by atoms with Gasteiger partial charge in [0.2, 0.25) is 0 Å². The Bertz CT molecular complexity index is 1230. The highest BCUT2D eigenvalue weighted by atomic mass is 16.6. The minimum atomic E-state index is -0.291. The Hall–Kier alpha value is -2.94. The number of piperidine rings is 1. The number of fused-ring (bicyclic) bond motifs is 2. The van der Waals surface area contributed by atoms with Crippen molar-refractivity contribution in [1.29, 1.82) is 0 Å². The molecule has 1 N–H and O–H groups in total. The molecule has 0 radical (unpaired) electrons. The fourth-order valence-corrected chi connectivity index (χ4v) is 5.89. The zero-order valence-corrected chi connectivity index (χ0v) is 19.7. The second-order valence-corrected chi connectivity index (χ2v) is 10.1. The van der Waals surface area contributed by atoms with Gasteiger partial charge in [0.1, 0.15) is 19.3 Å². The molecule has 2 aromatic heterocycles. The largest absolute Gasteiger partial charge is 0.486 e. The Labute approximate surface area is 198 Å². The summed E-state index contributed by atoms with van der Waals surface area (Å²) in [6, 6.07) is 5.82. The van der Waals surface area contributed by atoms with Gasteiger partial charge in [-0.3, -0.25) is 9.69 Å². The van der Waals surface area contributed by atoms with Crippen molar-refractivity contribution >= 4 is 10.9 Å². The number of nitrogens with one attached hydrogen (secondary N) is 1. The van der Waals surface area contributed by atoms with Gasteiger partial charge in [-0.15, -0.1) is 5.10 Å². The van der Waals surface area contributed by atoms with Crippen molar-refractivity contribution in [3.63, 3.8) is 0 Å². The highest BCUT2D eigenvalue weighted by Crippen LogP contribution is 2.37. The first kappa shape index (κ1) is 21.6. The lowest BCUT2D eigenvalue weighted by molar-refractivity contribution is 0.138. The van der Waals surface area contributed by atoms with Gasteiger partial charge in [0.25, 0.3) is 5.56 Å². The number of aromatic nitrogens is 5. The molecule has 3 aliphatic rings. The van der Waals surface area contributed by atoms with E-state index in [9.17, 15) is 4.79 Å². The molecule has 1 aliphatic carbocycles. The van der Waals surface area contributed by atoms with E-state index in [1.807, 2.05) is 22.9 Å². The first-order valence-corrected chi connectivity index (χ1v) is 12.7. The van der Waals surface area contributed by atoms with E-state index in [0.717, 1.165) is 49.1 Å². The average molecular weight is 465 g/mol. The van der Waals surface area contributed by atoms with Gasteiger partial charge in [0.05, 0.1) is 11.6 Å². The van der Waals surface area contributed by atoms with Crippen molar-refractivity contribution in [2.75, 3.05) is 26.3 Å². The normalized spacial score (nSPS) is 22.7. The van der Waals surface area contributed by atoms with Crippen LogP contribution in [0.15, 0.2) is 23.0 Å². The summed E-state index contributed by atoms with van der Waals surface area (Å²) in [7, 11) is 0. The van der Waals surface area contributed by atoms with Crippen molar-refractivity contribution in [2.45, 2.75) is 64.0 Å². The lowest BCUT2D eigenvalue weighted by Crippen LogP contribution is -2.41. The summed E-state index contributed by atoms with van der Waals surface area (Å²) in [6.07, 6.45) is 8.12. The molecule has 0 spiro atoms. The van der Waals surface area contributed by atoms with Crippen molar-refractivity contribution in [3.05, 3.63) is 39.9 Å². The molecule has 1 aromatic carbocycles. The van der Waals surface area contributed by atoms with Crippen LogP contribution in [-0.2, 0) is 0 Å². The molecular formula is C25H32N6O3. The summed E-state index contributed by atoms with van der Waals surface area (Å²) in [5.41, 5.74) is 1.33. The zero-order chi connectivity index (χ0) is 23.1. The summed E-state index contributed by atoms with van der Waals surface area (Å²) in [5, 5.41) is 14.0. The van der Waals surface area contributed by atoms with Crippen LogP contribution in [0.25, 0.3) is 10.9 Å². The van der Waals surface area contributed by atoms with Crippen LogP contribution in [-0.4, -0.2) is 56.4 Å². The highest BCUT2D eigenvalue weighted by Gasteiger charge is 2.34. The Morgan fingerprint density at radius 3 is 2.62 bits per heavy atom. The maximum atomic E-state index is 13.5. The third kappa shape index (κ3) is 3.96. The van der Waals surface area contributed by atoms with E-state index in [4.69, 9.17) is 9.47 Å². The van der Waals surface area contributed by atoms with Gasteiger partial charge in [-0.25, -0.2) is 4.68 Å². The molecule has 4 heterocycles. The lowest BCUT2D eigenvalue weighted by Gasteiger charge is -2.37. The molecule has 3 aromatic rings. The number of tetrazole rings is 1. The summed E-state index contributed by atoms with van der Waals surface area (Å²) in [6.45, 7) is 5.16. The first-order chi connectivity index (χ1) is 16.7. The lowest BCUT2D eigenvalue weighted by atomic mass is 9.93. The van der Waals surface area contributed by atoms with Crippen LogP contribution in [0, 0.1) is 5.92 Å². The minimum absolute atomic E-state index is 0.106. The van der Waals surface area contributed by atoms with E-state index in [1.54, 1.807) is 0 Å². The van der Waals surface area contributed by atoms with E-state index in [2.05, 4.69) is 32.3 Å². The maximum Gasteiger partial charge on any atom is 0.253 e. The predicted octanol–water partition coefficient (Wildman–Crippen LogP) is 3.61. The topological polar surface area (TPSA) is 98.2 Å². The standard InChI is InChI=1S/C25H32N6O3/c1-16-6-5-9-30(15-16)23(24-27-28-29-31(24)18-7-3-2-4-8-18)19-12-17-13-21-22(34-11-10-33-21)14-20(17)26-25(19)32/h12-14,16,18,23H,2-11,15H2,1H3,(H,26,32)/t16-,23-/m1/s1. The van der Waals surface area contributed by atoms with Crippen molar-refractivity contribution in [1.82, 2.24) is 30.1 Å². The van der Waals surface area contributed by atoms with Crippen LogP contribution in [0.1, 0.15) is 75.3 Å². The molecule has 180 valence electrons. The molecule has 2 atom stereocenters. The molecule has 0 bridgehead atoms. The summed E-state index contributed by atoms with van der Waals surface area (Å²) in [5.74, 6) is 2.73. The number of H-pyrrole nitrogens is 1. The minimum Gasteiger partial charge on any atom is -0.486 e. The Morgan fingerprint density at radius 1 is 1.03 bits per heavy atom. The van der Waals surface area contributed by atoms with Gasteiger partial charge in [0, 0.05) is 23.6 Å². The number of likely N-dealkylation sites (tertiary alicyclic amines) is 1. The summed E-state index contributed by atoms with van der Waals surface area (Å²) < 4.78 is 13.5. The van der Waals surface area contributed by atoms with Gasteiger partial charge in [-0.05, 0) is 60.7 Å². The highest BCUT2D eigenvalue weighted by molar-refractivity contribution is 5.83. The van der Waals surface area contributed by atoms with E-state index < -0.39 is 0 Å². The maximum absolute atomic E-state index is 13.5. The number of hydrogen-bond acceptors (Lipinski definition) is 7. The molecule has 2 fully saturated rings. The van der Waals surface area contributed by atoms with Crippen LogP contribution >= 0.6 is 0 Å². The molecule has 0 unspecified atom stereocenters. The number of hydrogen-bond donors (Lipinski definition) is 1. The van der Waals surface area contributed by atoms with Crippen LogP contribution < -0.4 is 15.0 Å². The second kappa shape index (κ2) is 9.02. The van der Waals surface area contributed by atoms with Gasteiger partial charge in [-0.1, -0.05) is 26.2 Å². The first-order valence-electron chi connectivity index (χ1n) is 12.7. The number of pyridine rings is 1. The Kier molecular flexibility index (Phi) is 5.72. The molecule has 1 saturated carbocycles. The number of benzene rings is 1. The molecule has 34 heavy (non-hydrogen) atoms. The van der Waals surface area contributed by atoms with Crippen molar-refractivity contribution < 1.29 is 9.47 Å². The summed E-state index contributed by atoms with van der Waals surface area (Å²) in [4.78, 5) is 19.0. The number of aromatic amines is 1. The van der Waals surface area contributed by atoms with Crippen molar-refractivity contribution in [3.8, 4) is 11.5 Å². The number of ether oxygens (including phenoxy) is 2. The molecule has 0 amide bonds. The van der Waals surface area contributed by atoms with E-state index in [1.165, 1.54) is 25.7 Å². The zero-order valence-electron chi connectivity index (χ0n) is 19.7. The van der Waals surface area contributed by atoms with E-state index in [-0.39, 0.29) is 11.6 Å².